The van der Waals surface area contributed by atoms with E-state index in [0.29, 0.717) is 0 Å². The Balaban J connectivity index is 2.82. The summed E-state index contributed by atoms with van der Waals surface area (Å²) in [6.07, 6.45) is -0.219. The summed E-state index contributed by atoms with van der Waals surface area (Å²) in [4.78, 5) is 0. The van der Waals surface area contributed by atoms with E-state index in [1.165, 1.54) is 0 Å². The zero-order valence-electron chi connectivity index (χ0n) is 7.82. The lowest BCUT2D eigenvalue weighted by Crippen LogP contribution is -2.50. The van der Waals surface area contributed by atoms with Gasteiger partial charge in [0.05, 0.1) is 5.60 Å². The summed E-state index contributed by atoms with van der Waals surface area (Å²) in [5.41, 5.74) is -1.64. The molecule has 1 nitrogen and oxygen atoms in total. The highest BCUT2D eigenvalue weighted by Gasteiger charge is 2.51. The zero-order chi connectivity index (χ0) is 9.62. The van der Waals surface area contributed by atoms with E-state index in [4.69, 9.17) is 0 Å². The van der Waals surface area contributed by atoms with E-state index in [0.717, 1.165) is 0 Å². The Morgan fingerprint density at radius 1 is 1.08 bits per heavy atom. The minimum absolute atomic E-state index is 0.188. The van der Waals surface area contributed by atoms with E-state index in [1.807, 2.05) is 0 Å². The van der Waals surface area contributed by atoms with Crippen molar-refractivity contribution in [2.24, 2.45) is 5.41 Å². The molecule has 0 bridgehead atoms. The smallest absolute Gasteiger partial charge is 0.248 e. The van der Waals surface area contributed by atoms with Crippen LogP contribution in [0.1, 0.15) is 40.0 Å². The number of hydrogen-bond acceptors (Lipinski definition) is 1. The lowest BCUT2D eigenvalue weighted by atomic mass is 9.65. The first-order valence-corrected chi connectivity index (χ1v) is 4.27. The molecule has 12 heavy (non-hydrogen) atoms. The van der Waals surface area contributed by atoms with Crippen LogP contribution in [0.4, 0.5) is 8.78 Å². The molecule has 1 saturated carbocycles. The van der Waals surface area contributed by atoms with Gasteiger partial charge in [-0.2, -0.15) is 0 Å². The molecular formula is C9H16F2O. The number of rotatable bonds is 0. The van der Waals surface area contributed by atoms with Gasteiger partial charge < -0.3 is 5.11 Å². The second kappa shape index (κ2) is 2.41. The molecule has 1 atom stereocenters. The van der Waals surface area contributed by atoms with Gasteiger partial charge in [-0.1, -0.05) is 13.8 Å². The van der Waals surface area contributed by atoms with Crippen molar-refractivity contribution in [2.75, 3.05) is 0 Å². The van der Waals surface area contributed by atoms with Crippen molar-refractivity contribution < 1.29 is 13.9 Å². The fourth-order valence-corrected chi connectivity index (χ4v) is 1.69. The molecule has 0 amide bonds. The van der Waals surface area contributed by atoms with Crippen molar-refractivity contribution in [3.05, 3.63) is 0 Å². The molecule has 1 aliphatic rings. The van der Waals surface area contributed by atoms with Crippen molar-refractivity contribution in [2.45, 2.75) is 51.6 Å². The molecule has 1 N–H and O–H groups in total. The van der Waals surface area contributed by atoms with Crippen LogP contribution >= 0.6 is 0 Å². The van der Waals surface area contributed by atoms with Crippen LogP contribution in [0.2, 0.25) is 0 Å². The maximum atomic E-state index is 12.9. The van der Waals surface area contributed by atoms with Crippen LogP contribution in [0, 0.1) is 5.41 Å². The van der Waals surface area contributed by atoms with Crippen LogP contribution in [0.25, 0.3) is 0 Å². The summed E-state index contributed by atoms with van der Waals surface area (Å²) in [5, 5.41) is 9.80. The number of hydrogen-bond donors (Lipinski definition) is 1. The Hall–Kier alpha value is -0.180. The number of aliphatic hydroxyl groups is 1. The van der Waals surface area contributed by atoms with Gasteiger partial charge >= 0.3 is 0 Å². The Bertz CT molecular complexity index is 185. The molecule has 0 unspecified atom stereocenters. The van der Waals surface area contributed by atoms with E-state index in [9.17, 15) is 13.9 Å². The molecule has 72 valence electrons. The molecule has 0 heterocycles. The summed E-state index contributed by atoms with van der Waals surface area (Å²) in [6, 6.07) is 0. The predicted octanol–water partition coefficient (Wildman–Crippen LogP) is 2.58. The zero-order valence-corrected chi connectivity index (χ0v) is 7.82. The Morgan fingerprint density at radius 2 is 1.58 bits per heavy atom. The highest BCUT2D eigenvalue weighted by Crippen LogP contribution is 2.49. The topological polar surface area (TPSA) is 20.2 Å². The van der Waals surface area contributed by atoms with Crippen LogP contribution in [0.3, 0.4) is 0 Å². The fourth-order valence-electron chi connectivity index (χ4n) is 1.69. The Morgan fingerprint density at radius 3 is 1.92 bits per heavy atom. The molecule has 0 aromatic rings. The monoisotopic (exact) mass is 178 g/mol. The van der Waals surface area contributed by atoms with Gasteiger partial charge in [-0.3, -0.25) is 0 Å². The molecule has 0 saturated heterocycles. The highest BCUT2D eigenvalue weighted by atomic mass is 19.3. The second-order valence-electron chi connectivity index (χ2n) is 4.69. The summed E-state index contributed by atoms with van der Waals surface area (Å²) in [5.74, 6) is -2.59. The summed E-state index contributed by atoms with van der Waals surface area (Å²) in [7, 11) is 0. The van der Waals surface area contributed by atoms with E-state index in [2.05, 4.69) is 0 Å². The third kappa shape index (κ3) is 1.60. The minimum atomic E-state index is -2.59. The lowest BCUT2D eigenvalue weighted by molar-refractivity contribution is -0.167. The van der Waals surface area contributed by atoms with Crippen molar-refractivity contribution in [3.8, 4) is 0 Å². The quantitative estimate of drug-likeness (QED) is 0.604. The summed E-state index contributed by atoms with van der Waals surface area (Å²) >= 11 is 0. The van der Waals surface area contributed by atoms with Gasteiger partial charge in [-0.25, -0.2) is 8.78 Å². The van der Waals surface area contributed by atoms with E-state index < -0.39 is 16.9 Å². The van der Waals surface area contributed by atoms with Gasteiger partial charge in [0.25, 0.3) is 0 Å². The van der Waals surface area contributed by atoms with E-state index in [-0.39, 0.29) is 19.3 Å². The third-order valence-electron chi connectivity index (χ3n) is 3.14. The minimum Gasteiger partial charge on any atom is -0.390 e. The van der Waals surface area contributed by atoms with Crippen LogP contribution in [-0.4, -0.2) is 16.6 Å². The molecule has 3 heteroatoms. The van der Waals surface area contributed by atoms with Crippen LogP contribution in [0.5, 0.6) is 0 Å². The first kappa shape index (κ1) is 9.90. The molecule has 0 spiro atoms. The van der Waals surface area contributed by atoms with Crippen molar-refractivity contribution in [3.63, 3.8) is 0 Å². The SMILES string of the molecule is CC1(C)CC(F)(F)CC[C@]1(C)O. The molecule has 0 aromatic carbocycles. The van der Waals surface area contributed by atoms with Gasteiger partial charge in [0.15, 0.2) is 0 Å². The molecule has 1 fully saturated rings. The maximum absolute atomic E-state index is 12.9. The van der Waals surface area contributed by atoms with Crippen LogP contribution < -0.4 is 0 Å². The first-order chi connectivity index (χ1) is 5.16. The predicted molar refractivity (Wildman–Crippen MR) is 43.2 cm³/mol. The Labute approximate surface area is 71.8 Å². The van der Waals surface area contributed by atoms with Gasteiger partial charge in [-0.15, -0.1) is 0 Å². The molecule has 1 rings (SSSR count). The van der Waals surface area contributed by atoms with Crippen molar-refractivity contribution in [1.82, 2.24) is 0 Å². The Kier molecular flexibility index (Phi) is 1.99. The molecule has 0 aliphatic heterocycles. The van der Waals surface area contributed by atoms with Gasteiger partial charge in [-0.05, 0) is 18.8 Å². The van der Waals surface area contributed by atoms with Crippen LogP contribution in [0.15, 0.2) is 0 Å². The van der Waals surface area contributed by atoms with Crippen LogP contribution in [-0.2, 0) is 0 Å². The van der Waals surface area contributed by atoms with Gasteiger partial charge in [0.1, 0.15) is 0 Å². The van der Waals surface area contributed by atoms with Crippen molar-refractivity contribution >= 4 is 0 Å². The molecule has 0 radical (unpaired) electrons. The summed E-state index contributed by atoms with van der Waals surface area (Å²) in [6.45, 7) is 5.03. The molecule has 1 aliphatic carbocycles. The number of halogens is 2. The van der Waals surface area contributed by atoms with Gasteiger partial charge in [0, 0.05) is 12.8 Å². The summed E-state index contributed by atoms with van der Waals surface area (Å²) < 4.78 is 25.9. The average Bonchev–Trinajstić information content (AvgIpc) is 1.79. The highest BCUT2D eigenvalue weighted by molar-refractivity contribution is 4.98. The van der Waals surface area contributed by atoms with E-state index >= 15 is 0 Å². The van der Waals surface area contributed by atoms with E-state index in [1.54, 1.807) is 20.8 Å². The molecular weight excluding hydrogens is 162 g/mol. The average molecular weight is 178 g/mol. The maximum Gasteiger partial charge on any atom is 0.248 e. The largest absolute Gasteiger partial charge is 0.390 e. The third-order valence-corrected chi connectivity index (χ3v) is 3.14. The normalized spacial score (nSPS) is 39.5. The number of alkyl halides is 2. The second-order valence-corrected chi connectivity index (χ2v) is 4.69. The van der Waals surface area contributed by atoms with Gasteiger partial charge in [0.2, 0.25) is 5.92 Å². The fraction of sp³-hybridized carbons (Fsp3) is 1.00. The molecule has 0 aromatic heterocycles. The standard InChI is InChI=1S/C9H16F2O/c1-7(2)6-9(10,11)5-4-8(7,3)12/h12H,4-6H2,1-3H3/t8-/m0/s1. The van der Waals surface area contributed by atoms with Crippen molar-refractivity contribution in [1.29, 1.82) is 0 Å². The first-order valence-electron chi connectivity index (χ1n) is 4.27. The lowest BCUT2D eigenvalue weighted by Gasteiger charge is -2.46.